The first-order valence-corrected chi connectivity index (χ1v) is 7.42. The molecule has 21 heavy (non-hydrogen) atoms. The van der Waals surface area contributed by atoms with E-state index < -0.39 is 17.7 Å². The van der Waals surface area contributed by atoms with Gasteiger partial charge < -0.3 is 9.84 Å². The minimum absolute atomic E-state index is 0.184. The van der Waals surface area contributed by atoms with Crippen molar-refractivity contribution in [3.63, 3.8) is 0 Å². The lowest BCUT2D eigenvalue weighted by atomic mass is 10.0. The molecular formula is C16H23F2NO2. The van der Waals surface area contributed by atoms with Crippen molar-refractivity contribution in [2.45, 2.75) is 32.4 Å². The molecule has 1 aromatic rings. The number of rotatable bonds is 5. The molecule has 1 aliphatic heterocycles. The van der Waals surface area contributed by atoms with E-state index in [9.17, 15) is 13.9 Å². The number of halogens is 2. The third-order valence-corrected chi connectivity index (χ3v) is 3.83. The predicted molar refractivity (Wildman–Crippen MR) is 77.0 cm³/mol. The van der Waals surface area contributed by atoms with Crippen molar-refractivity contribution in [1.29, 1.82) is 0 Å². The van der Waals surface area contributed by atoms with Crippen molar-refractivity contribution in [1.82, 2.24) is 4.90 Å². The van der Waals surface area contributed by atoms with Crippen LogP contribution in [0.5, 0.6) is 0 Å². The van der Waals surface area contributed by atoms with Crippen molar-refractivity contribution in [3.8, 4) is 0 Å². The Morgan fingerprint density at radius 2 is 2.00 bits per heavy atom. The Labute approximate surface area is 124 Å². The average molecular weight is 299 g/mol. The van der Waals surface area contributed by atoms with Crippen LogP contribution in [-0.4, -0.2) is 42.4 Å². The molecule has 1 fully saturated rings. The van der Waals surface area contributed by atoms with Crippen LogP contribution in [0.25, 0.3) is 0 Å². The monoisotopic (exact) mass is 299 g/mol. The zero-order valence-corrected chi connectivity index (χ0v) is 12.6. The smallest absolute Gasteiger partial charge is 0.131 e. The first-order valence-electron chi connectivity index (χ1n) is 7.42. The molecule has 118 valence electrons. The molecule has 1 N–H and O–H groups in total. The molecule has 0 saturated carbocycles. The molecule has 5 heteroatoms. The maximum Gasteiger partial charge on any atom is 0.131 e. The number of benzene rings is 1. The van der Waals surface area contributed by atoms with Crippen LogP contribution < -0.4 is 0 Å². The summed E-state index contributed by atoms with van der Waals surface area (Å²) in [6, 6.07) is 3.83. The summed E-state index contributed by atoms with van der Waals surface area (Å²) in [5, 5.41) is 10.2. The molecule has 0 radical (unpaired) electrons. The SMILES string of the molecule is CC(C)CC1COCCN1CC(O)c1c(F)cccc1F. The number of aliphatic hydroxyl groups is 1. The number of ether oxygens (including phenoxy) is 1. The fourth-order valence-electron chi connectivity index (χ4n) is 2.83. The second kappa shape index (κ2) is 7.29. The van der Waals surface area contributed by atoms with Crippen molar-refractivity contribution in [2.24, 2.45) is 5.92 Å². The van der Waals surface area contributed by atoms with Gasteiger partial charge in [-0.2, -0.15) is 0 Å². The summed E-state index contributed by atoms with van der Waals surface area (Å²) in [5.74, 6) is -0.895. The number of morpholine rings is 1. The Balaban J connectivity index is 2.08. The van der Waals surface area contributed by atoms with Gasteiger partial charge in [-0.25, -0.2) is 8.78 Å². The van der Waals surface area contributed by atoms with Crippen LogP contribution in [0.4, 0.5) is 8.78 Å². The summed E-state index contributed by atoms with van der Waals surface area (Å²) >= 11 is 0. The predicted octanol–water partition coefficient (Wildman–Crippen LogP) is 2.75. The van der Waals surface area contributed by atoms with Crippen molar-refractivity contribution in [3.05, 3.63) is 35.4 Å². The molecule has 0 spiro atoms. The van der Waals surface area contributed by atoms with Gasteiger partial charge in [-0.15, -0.1) is 0 Å². The summed E-state index contributed by atoms with van der Waals surface area (Å²) in [4.78, 5) is 2.07. The molecule has 2 unspecified atom stereocenters. The van der Waals surface area contributed by atoms with Crippen LogP contribution in [0.2, 0.25) is 0 Å². The van der Waals surface area contributed by atoms with Crippen LogP contribution in [0, 0.1) is 17.6 Å². The molecule has 0 aromatic heterocycles. The Kier molecular flexibility index (Phi) is 5.67. The summed E-state index contributed by atoms with van der Waals surface area (Å²) in [6.45, 7) is 6.33. The maximum absolute atomic E-state index is 13.7. The minimum atomic E-state index is -1.17. The van der Waals surface area contributed by atoms with E-state index in [2.05, 4.69) is 18.7 Å². The number of hydrogen-bond acceptors (Lipinski definition) is 3. The first-order chi connectivity index (χ1) is 9.99. The molecular weight excluding hydrogens is 276 g/mol. The normalized spacial score (nSPS) is 21.7. The van der Waals surface area contributed by atoms with E-state index in [1.54, 1.807) is 0 Å². The molecule has 2 atom stereocenters. The zero-order chi connectivity index (χ0) is 15.4. The van der Waals surface area contributed by atoms with E-state index in [1.807, 2.05) is 0 Å². The second-order valence-corrected chi connectivity index (χ2v) is 6.00. The molecule has 2 rings (SSSR count). The highest BCUT2D eigenvalue weighted by molar-refractivity contribution is 5.22. The van der Waals surface area contributed by atoms with E-state index in [0.29, 0.717) is 25.7 Å². The van der Waals surface area contributed by atoms with Gasteiger partial charge in [0.05, 0.1) is 24.9 Å². The third kappa shape index (κ3) is 4.22. The highest BCUT2D eigenvalue weighted by Gasteiger charge is 2.28. The maximum atomic E-state index is 13.7. The molecule has 1 saturated heterocycles. The van der Waals surface area contributed by atoms with Crippen molar-refractivity contribution >= 4 is 0 Å². The van der Waals surface area contributed by atoms with Gasteiger partial charge in [-0.05, 0) is 24.5 Å². The zero-order valence-electron chi connectivity index (χ0n) is 12.6. The standard InChI is InChI=1S/C16H23F2NO2/c1-11(2)8-12-10-21-7-6-19(12)9-15(20)16-13(17)4-3-5-14(16)18/h3-5,11-12,15,20H,6-10H2,1-2H3. The Bertz CT molecular complexity index is 447. The minimum Gasteiger partial charge on any atom is -0.387 e. The van der Waals surface area contributed by atoms with Gasteiger partial charge in [0.25, 0.3) is 0 Å². The molecule has 1 aliphatic rings. The Morgan fingerprint density at radius 1 is 1.33 bits per heavy atom. The highest BCUT2D eigenvalue weighted by atomic mass is 19.1. The lowest BCUT2D eigenvalue weighted by molar-refractivity contribution is -0.0337. The van der Waals surface area contributed by atoms with E-state index in [0.717, 1.165) is 6.42 Å². The first kappa shape index (κ1) is 16.3. The highest BCUT2D eigenvalue weighted by Crippen LogP contribution is 2.24. The molecule has 0 amide bonds. The Morgan fingerprint density at radius 3 is 2.62 bits per heavy atom. The summed E-state index contributed by atoms with van der Waals surface area (Å²) < 4.78 is 32.9. The number of nitrogens with zero attached hydrogens (tertiary/aromatic N) is 1. The van der Waals surface area contributed by atoms with Gasteiger partial charge in [0.2, 0.25) is 0 Å². The summed E-state index contributed by atoms with van der Waals surface area (Å²) in [5.41, 5.74) is -0.243. The van der Waals surface area contributed by atoms with Gasteiger partial charge in [-0.3, -0.25) is 4.90 Å². The van der Waals surface area contributed by atoms with Crippen LogP contribution in [-0.2, 0) is 4.74 Å². The quantitative estimate of drug-likeness (QED) is 0.907. The van der Waals surface area contributed by atoms with Gasteiger partial charge in [0.15, 0.2) is 0 Å². The number of β-amino-alcohol motifs (C(OH)–C–C–N with tert-alkyl or cyclic N) is 1. The Hall–Kier alpha value is -1.04. The van der Waals surface area contributed by atoms with Crippen molar-refractivity contribution in [2.75, 3.05) is 26.3 Å². The largest absolute Gasteiger partial charge is 0.387 e. The third-order valence-electron chi connectivity index (χ3n) is 3.83. The molecule has 1 aromatic carbocycles. The van der Waals surface area contributed by atoms with Crippen LogP contribution in [0.1, 0.15) is 31.9 Å². The summed E-state index contributed by atoms with van der Waals surface area (Å²) in [7, 11) is 0. The summed E-state index contributed by atoms with van der Waals surface area (Å²) in [6.07, 6.45) is -0.231. The number of aliphatic hydroxyl groups excluding tert-OH is 1. The molecule has 0 aliphatic carbocycles. The second-order valence-electron chi connectivity index (χ2n) is 6.00. The fraction of sp³-hybridized carbons (Fsp3) is 0.625. The van der Waals surface area contributed by atoms with Crippen LogP contribution in [0.15, 0.2) is 18.2 Å². The lowest BCUT2D eigenvalue weighted by Gasteiger charge is -2.37. The van der Waals surface area contributed by atoms with E-state index in [-0.39, 0.29) is 18.2 Å². The molecule has 3 nitrogen and oxygen atoms in total. The van der Waals surface area contributed by atoms with E-state index in [4.69, 9.17) is 4.74 Å². The van der Waals surface area contributed by atoms with Crippen LogP contribution in [0.3, 0.4) is 0 Å². The van der Waals surface area contributed by atoms with E-state index in [1.165, 1.54) is 18.2 Å². The molecule has 0 bridgehead atoms. The van der Waals surface area contributed by atoms with Crippen molar-refractivity contribution < 1.29 is 18.6 Å². The lowest BCUT2D eigenvalue weighted by Crippen LogP contribution is -2.47. The van der Waals surface area contributed by atoms with Gasteiger partial charge in [0.1, 0.15) is 11.6 Å². The topological polar surface area (TPSA) is 32.7 Å². The average Bonchev–Trinajstić information content (AvgIpc) is 2.40. The van der Waals surface area contributed by atoms with Gasteiger partial charge in [-0.1, -0.05) is 19.9 Å². The fourth-order valence-corrected chi connectivity index (χ4v) is 2.83. The van der Waals surface area contributed by atoms with Gasteiger partial charge >= 0.3 is 0 Å². The van der Waals surface area contributed by atoms with Crippen LogP contribution >= 0.6 is 0 Å². The van der Waals surface area contributed by atoms with E-state index >= 15 is 0 Å². The number of hydrogen-bond donors (Lipinski definition) is 1. The molecule has 1 heterocycles. The van der Waals surface area contributed by atoms with Gasteiger partial charge in [0, 0.05) is 19.1 Å².